The van der Waals surface area contributed by atoms with E-state index in [4.69, 9.17) is 0 Å². The zero-order valence-corrected chi connectivity index (χ0v) is 20.0. The second kappa shape index (κ2) is 10.8. The summed E-state index contributed by atoms with van der Waals surface area (Å²) in [5, 5.41) is 0. The summed E-state index contributed by atoms with van der Waals surface area (Å²) in [6, 6.07) is 11.1. The van der Waals surface area contributed by atoms with Crippen molar-refractivity contribution in [1.29, 1.82) is 0 Å². The number of hydrogen-bond donors (Lipinski definition) is 0. The van der Waals surface area contributed by atoms with E-state index in [9.17, 15) is 9.18 Å². The van der Waals surface area contributed by atoms with E-state index in [2.05, 4.69) is 56.8 Å². The Morgan fingerprint density at radius 2 is 1.84 bits per heavy atom. The fraction of sp³-hybridized carbons (Fsp3) is 0.464. The molecule has 3 nitrogen and oxygen atoms in total. The summed E-state index contributed by atoms with van der Waals surface area (Å²) in [4.78, 5) is 17.2. The molecule has 1 amide bonds. The van der Waals surface area contributed by atoms with Gasteiger partial charge in [0.05, 0.1) is 0 Å². The smallest absolute Gasteiger partial charge is 0.229 e. The van der Waals surface area contributed by atoms with Gasteiger partial charge in [-0.2, -0.15) is 0 Å². The van der Waals surface area contributed by atoms with Gasteiger partial charge in [-0.15, -0.1) is 0 Å². The van der Waals surface area contributed by atoms with Gasteiger partial charge in [0.2, 0.25) is 5.91 Å². The van der Waals surface area contributed by atoms with Gasteiger partial charge in [0.1, 0.15) is 5.82 Å². The Hall–Kier alpha value is -2.64. The fourth-order valence-corrected chi connectivity index (χ4v) is 4.72. The van der Waals surface area contributed by atoms with Gasteiger partial charge in [-0.05, 0) is 94.6 Å². The lowest BCUT2D eigenvalue weighted by Gasteiger charge is -2.38. The molecule has 0 aromatic heterocycles. The van der Waals surface area contributed by atoms with Crippen LogP contribution >= 0.6 is 0 Å². The van der Waals surface area contributed by atoms with Crippen LogP contribution in [0.25, 0.3) is 0 Å². The van der Waals surface area contributed by atoms with Crippen molar-refractivity contribution in [2.45, 2.75) is 46.5 Å². The predicted octanol–water partition coefficient (Wildman–Crippen LogP) is 5.37. The standard InChI is InChI=1S/C28H35FN2O/c1-20-15-23(11-7-6-10-14-30(4)5)16-21(2)27(20)31-19-24(17-22(3)28(31)32)18-25-12-8-9-13-26(25)29/h8-9,12-13,15-16,22,24H,6,10,14,17-19H2,1-5H3/t22-,24-/m1/s1. The molecule has 1 saturated heterocycles. The number of anilines is 1. The zero-order chi connectivity index (χ0) is 23.3. The lowest BCUT2D eigenvalue weighted by molar-refractivity contribution is -0.124. The molecule has 0 aliphatic carbocycles. The normalized spacial score (nSPS) is 18.6. The van der Waals surface area contributed by atoms with Crippen molar-refractivity contribution in [3.05, 3.63) is 64.5 Å². The Bertz CT molecular complexity index is 995. The van der Waals surface area contributed by atoms with Crippen LogP contribution in [0.15, 0.2) is 36.4 Å². The molecule has 32 heavy (non-hydrogen) atoms. The van der Waals surface area contributed by atoms with Gasteiger partial charge < -0.3 is 9.80 Å². The fourth-order valence-electron chi connectivity index (χ4n) is 4.72. The number of halogens is 1. The Labute approximate surface area is 192 Å². The molecule has 1 aliphatic rings. The molecule has 0 spiro atoms. The molecule has 0 bridgehead atoms. The first-order valence-corrected chi connectivity index (χ1v) is 11.6. The highest BCUT2D eigenvalue weighted by Crippen LogP contribution is 2.34. The number of aryl methyl sites for hydroxylation is 2. The van der Waals surface area contributed by atoms with Gasteiger partial charge in [-0.1, -0.05) is 37.0 Å². The lowest BCUT2D eigenvalue weighted by atomic mass is 9.84. The zero-order valence-electron chi connectivity index (χ0n) is 20.0. The minimum absolute atomic E-state index is 0.0736. The summed E-state index contributed by atoms with van der Waals surface area (Å²) in [5.41, 5.74) is 4.84. The maximum Gasteiger partial charge on any atom is 0.229 e. The number of nitrogens with zero attached hydrogens (tertiary/aromatic N) is 2. The summed E-state index contributed by atoms with van der Waals surface area (Å²) < 4.78 is 14.2. The number of unbranched alkanes of at least 4 members (excludes halogenated alkanes) is 1. The van der Waals surface area contributed by atoms with Crippen molar-refractivity contribution >= 4 is 11.6 Å². The molecule has 170 valence electrons. The third kappa shape index (κ3) is 5.99. The van der Waals surface area contributed by atoms with Crippen molar-refractivity contribution in [3.8, 4) is 11.8 Å². The Morgan fingerprint density at radius 1 is 1.16 bits per heavy atom. The van der Waals surface area contributed by atoms with E-state index < -0.39 is 0 Å². The molecule has 2 atom stereocenters. The summed E-state index contributed by atoms with van der Waals surface area (Å²) in [7, 11) is 4.14. The summed E-state index contributed by atoms with van der Waals surface area (Å²) in [5.74, 6) is 6.71. The molecule has 2 aromatic rings. The Balaban J connectivity index is 1.78. The molecule has 4 heteroatoms. The molecule has 3 rings (SSSR count). The van der Waals surface area contributed by atoms with Crippen LogP contribution in [-0.2, 0) is 11.2 Å². The molecular formula is C28H35FN2O. The van der Waals surface area contributed by atoms with Gasteiger partial charge in [0, 0.05) is 30.1 Å². The first-order valence-electron chi connectivity index (χ1n) is 11.6. The number of hydrogen-bond acceptors (Lipinski definition) is 2. The van der Waals surface area contributed by atoms with Gasteiger partial charge >= 0.3 is 0 Å². The highest BCUT2D eigenvalue weighted by Gasteiger charge is 2.34. The van der Waals surface area contributed by atoms with Crippen LogP contribution in [0, 0.1) is 43.3 Å². The van der Waals surface area contributed by atoms with Crippen molar-refractivity contribution in [2.75, 3.05) is 32.1 Å². The molecule has 2 aromatic carbocycles. The molecular weight excluding hydrogens is 399 g/mol. The van der Waals surface area contributed by atoms with Crippen molar-refractivity contribution in [1.82, 2.24) is 4.90 Å². The van der Waals surface area contributed by atoms with Crippen LogP contribution in [0.4, 0.5) is 10.1 Å². The van der Waals surface area contributed by atoms with E-state index >= 15 is 0 Å². The van der Waals surface area contributed by atoms with Gasteiger partial charge in [0.15, 0.2) is 0 Å². The molecule has 1 heterocycles. The highest BCUT2D eigenvalue weighted by molar-refractivity contribution is 5.97. The number of carbonyl (C=O) groups is 1. The van der Waals surface area contributed by atoms with E-state index in [0.717, 1.165) is 53.7 Å². The molecule has 0 unspecified atom stereocenters. The quantitative estimate of drug-likeness (QED) is 0.451. The van der Waals surface area contributed by atoms with E-state index in [-0.39, 0.29) is 23.6 Å². The number of carbonyl (C=O) groups excluding carboxylic acids is 1. The molecule has 0 N–H and O–H groups in total. The van der Waals surface area contributed by atoms with Gasteiger partial charge in [0.25, 0.3) is 0 Å². The lowest BCUT2D eigenvalue weighted by Crippen LogP contribution is -2.46. The maximum atomic E-state index is 14.2. The molecule has 1 fully saturated rings. The number of rotatable bonds is 6. The van der Waals surface area contributed by atoms with Crippen LogP contribution in [0.2, 0.25) is 0 Å². The van der Waals surface area contributed by atoms with Crippen LogP contribution in [0.3, 0.4) is 0 Å². The van der Waals surface area contributed by atoms with E-state index in [1.54, 1.807) is 6.07 Å². The average molecular weight is 435 g/mol. The summed E-state index contributed by atoms with van der Waals surface area (Å²) in [6.07, 6.45) is 3.37. The highest BCUT2D eigenvalue weighted by atomic mass is 19.1. The Kier molecular flexibility index (Phi) is 8.10. The number of benzene rings is 2. The Morgan fingerprint density at radius 3 is 2.50 bits per heavy atom. The second-order valence-corrected chi connectivity index (χ2v) is 9.41. The minimum atomic E-state index is -0.163. The maximum absolute atomic E-state index is 14.2. The summed E-state index contributed by atoms with van der Waals surface area (Å²) >= 11 is 0. The SMILES string of the molecule is Cc1cc(C#CCCCN(C)C)cc(C)c1N1C[C@@H](Cc2ccccc2F)C[C@@H](C)C1=O. The van der Waals surface area contributed by atoms with E-state index in [1.807, 2.05) is 24.0 Å². The topological polar surface area (TPSA) is 23.6 Å². The molecule has 0 radical (unpaired) electrons. The van der Waals surface area contributed by atoms with Crippen molar-refractivity contribution in [3.63, 3.8) is 0 Å². The van der Waals surface area contributed by atoms with Crippen LogP contribution in [-0.4, -0.2) is 38.0 Å². The predicted molar refractivity (Wildman–Crippen MR) is 130 cm³/mol. The van der Waals surface area contributed by atoms with Gasteiger partial charge in [-0.3, -0.25) is 4.79 Å². The monoisotopic (exact) mass is 434 g/mol. The van der Waals surface area contributed by atoms with E-state index in [1.165, 1.54) is 6.07 Å². The van der Waals surface area contributed by atoms with Crippen LogP contribution in [0.5, 0.6) is 0 Å². The van der Waals surface area contributed by atoms with Gasteiger partial charge in [-0.25, -0.2) is 4.39 Å². The van der Waals surface area contributed by atoms with Crippen molar-refractivity contribution in [2.24, 2.45) is 11.8 Å². The summed E-state index contributed by atoms with van der Waals surface area (Å²) in [6.45, 7) is 7.75. The molecule has 1 aliphatic heterocycles. The third-order valence-electron chi connectivity index (χ3n) is 6.18. The first kappa shape index (κ1) is 24.0. The van der Waals surface area contributed by atoms with E-state index in [0.29, 0.717) is 13.0 Å². The van der Waals surface area contributed by atoms with Crippen LogP contribution in [0.1, 0.15) is 48.4 Å². The average Bonchev–Trinajstić information content (AvgIpc) is 2.72. The van der Waals surface area contributed by atoms with Crippen LogP contribution < -0.4 is 4.90 Å². The number of amides is 1. The largest absolute Gasteiger partial charge is 0.311 e. The van der Waals surface area contributed by atoms with Crippen molar-refractivity contribution < 1.29 is 9.18 Å². The first-order chi connectivity index (χ1) is 15.3. The second-order valence-electron chi connectivity index (χ2n) is 9.41. The minimum Gasteiger partial charge on any atom is -0.311 e. The third-order valence-corrected chi connectivity index (χ3v) is 6.18. The molecule has 0 saturated carbocycles. The number of piperidine rings is 1.